The largest absolute Gasteiger partial charge is 0.347 e. The summed E-state index contributed by atoms with van der Waals surface area (Å²) >= 11 is 0. The zero-order chi connectivity index (χ0) is 18.6. The highest BCUT2D eigenvalue weighted by atomic mass is 16.7. The molecule has 7 heteroatoms. The summed E-state index contributed by atoms with van der Waals surface area (Å²) in [5.74, 6) is -0.601. The highest BCUT2D eigenvalue weighted by molar-refractivity contribution is 5.92. The van der Waals surface area contributed by atoms with Crippen molar-refractivity contribution in [1.29, 1.82) is 5.26 Å². The van der Waals surface area contributed by atoms with Gasteiger partial charge in [0, 0.05) is 51.5 Å². The van der Waals surface area contributed by atoms with Gasteiger partial charge in [-0.15, -0.1) is 0 Å². The second kappa shape index (κ2) is 7.85. The van der Waals surface area contributed by atoms with Crippen LogP contribution in [-0.4, -0.2) is 55.3 Å². The minimum atomic E-state index is -0.495. The van der Waals surface area contributed by atoms with Crippen molar-refractivity contribution in [2.75, 3.05) is 37.7 Å². The van der Waals surface area contributed by atoms with Crippen molar-refractivity contribution >= 4 is 17.5 Å². The van der Waals surface area contributed by atoms with E-state index >= 15 is 0 Å². The minimum Gasteiger partial charge on any atom is -0.347 e. The molecule has 0 aliphatic carbocycles. The number of anilines is 1. The number of nitriles is 1. The fourth-order valence-corrected chi connectivity index (χ4v) is 3.43. The molecule has 7 nitrogen and oxygen atoms in total. The number of benzene rings is 1. The Balaban J connectivity index is 1.54. The summed E-state index contributed by atoms with van der Waals surface area (Å²) < 4.78 is 11.4. The summed E-state index contributed by atoms with van der Waals surface area (Å²) in [7, 11) is 0. The number of hydrogen-bond acceptors (Lipinski definition) is 5. The SMILES string of the molecule is CC(=O)N(CCC(=O)N1CCC2(CC1)OCCO2)c1ccc(C#N)cc1. The summed E-state index contributed by atoms with van der Waals surface area (Å²) in [4.78, 5) is 27.9. The van der Waals surface area contributed by atoms with Gasteiger partial charge in [0.05, 0.1) is 24.8 Å². The summed E-state index contributed by atoms with van der Waals surface area (Å²) in [6.07, 6.45) is 1.63. The predicted molar refractivity (Wildman–Crippen MR) is 94.3 cm³/mol. The number of nitrogens with zero attached hydrogens (tertiary/aromatic N) is 3. The number of amides is 2. The summed E-state index contributed by atoms with van der Waals surface area (Å²) in [6.45, 7) is 4.24. The molecular formula is C19H23N3O4. The van der Waals surface area contributed by atoms with Crippen molar-refractivity contribution in [3.63, 3.8) is 0 Å². The van der Waals surface area contributed by atoms with Gasteiger partial charge in [0.15, 0.2) is 5.79 Å². The van der Waals surface area contributed by atoms with Gasteiger partial charge in [0.2, 0.25) is 11.8 Å². The van der Waals surface area contributed by atoms with E-state index in [1.807, 2.05) is 4.90 Å². The first-order valence-corrected chi connectivity index (χ1v) is 8.87. The zero-order valence-electron chi connectivity index (χ0n) is 14.9. The molecule has 26 heavy (non-hydrogen) atoms. The highest BCUT2D eigenvalue weighted by Gasteiger charge is 2.40. The Morgan fingerprint density at radius 1 is 1.19 bits per heavy atom. The molecule has 138 valence electrons. The van der Waals surface area contributed by atoms with E-state index in [-0.39, 0.29) is 18.2 Å². The molecule has 1 aromatic carbocycles. The van der Waals surface area contributed by atoms with Gasteiger partial charge in [0.1, 0.15) is 0 Å². The summed E-state index contributed by atoms with van der Waals surface area (Å²) in [5.41, 5.74) is 1.22. The van der Waals surface area contributed by atoms with E-state index in [0.717, 1.165) is 0 Å². The number of carbonyl (C=O) groups excluding carboxylic acids is 2. The van der Waals surface area contributed by atoms with E-state index < -0.39 is 5.79 Å². The molecule has 0 unspecified atom stereocenters. The average Bonchev–Trinajstić information content (AvgIpc) is 3.10. The molecule has 2 heterocycles. The van der Waals surface area contributed by atoms with Crippen LogP contribution < -0.4 is 4.90 Å². The molecule has 3 rings (SSSR count). The van der Waals surface area contributed by atoms with Crippen molar-refractivity contribution in [2.24, 2.45) is 0 Å². The van der Waals surface area contributed by atoms with Crippen molar-refractivity contribution in [2.45, 2.75) is 32.0 Å². The molecule has 0 bridgehead atoms. The molecule has 2 saturated heterocycles. The Morgan fingerprint density at radius 3 is 2.35 bits per heavy atom. The van der Waals surface area contributed by atoms with E-state index in [1.54, 1.807) is 29.2 Å². The monoisotopic (exact) mass is 357 g/mol. The molecule has 0 saturated carbocycles. The third kappa shape index (κ3) is 4.03. The molecule has 1 spiro atoms. The minimum absolute atomic E-state index is 0.0257. The lowest BCUT2D eigenvalue weighted by Crippen LogP contribution is -2.48. The van der Waals surface area contributed by atoms with Crippen molar-refractivity contribution in [1.82, 2.24) is 4.90 Å². The third-order valence-corrected chi connectivity index (χ3v) is 4.93. The Bertz CT molecular complexity index is 694. The quantitative estimate of drug-likeness (QED) is 0.818. The third-order valence-electron chi connectivity index (χ3n) is 4.93. The maximum absolute atomic E-state index is 12.5. The smallest absolute Gasteiger partial charge is 0.224 e. The fourth-order valence-electron chi connectivity index (χ4n) is 3.43. The molecule has 2 aliphatic heterocycles. The lowest BCUT2D eigenvalue weighted by atomic mass is 10.0. The van der Waals surface area contributed by atoms with Gasteiger partial charge in [-0.05, 0) is 24.3 Å². The molecule has 0 atom stereocenters. The van der Waals surface area contributed by atoms with Crippen LogP contribution in [0.3, 0.4) is 0 Å². The fraction of sp³-hybridized carbons (Fsp3) is 0.526. The molecule has 2 amide bonds. The van der Waals surface area contributed by atoms with Crippen LogP contribution in [0, 0.1) is 11.3 Å². The predicted octanol–water partition coefficient (Wildman–Crippen LogP) is 1.67. The number of piperidine rings is 1. The first kappa shape index (κ1) is 18.4. The molecule has 2 fully saturated rings. The van der Waals surface area contributed by atoms with E-state index in [2.05, 4.69) is 6.07 Å². The molecule has 0 radical (unpaired) electrons. The molecule has 1 aromatic rings. The van der Waals surface area contributed by atoms with Gasteiger partial charge in [-0.1, -0.05) is 0 Å². The van der Waals surface area contributed by atoms with E-state index in [4.69, 9.17) is 14.7 Å². The first-order chi connectivity index (χ1) is 12.5. The molecule has 0 aromatic heterocycles. The van der Waals surface area contributed by atoms with Crippen LogP contribution in [-0.2, 0) is 19.1 Å². The lowest BCUT2D eigenvalue weighted by molar-refractivity contribution is -0.187. The van der Waals surface area contributed by atoms with E-state index in [0.29, 0.717) is 56.9 Å². The highest BCUT2D eigenvalue weighted by Crippen LogP contribution is 2.31. The second-order valence-corrected chi connectivity index (χ2v) is 6.57. The van der Waals surface area contributed by atoms with Gasteiger partial charge in [-0.3, -0.25) is 9.59 Å². The van der Waals surface area contributed by atoms with E-state index in [1.165, 1.54) is 6.92 Å². The van der Waals surface area contributed by atoms with Crippen LogP contribution in [0.15, 0.2) is 24.3 Å². The van der Waals surface area contributed by atoms with Gasteiger partial charge >= 0.3 is 0 Å². The maximum Gasteiger partial charge on any atom is 0.224 e. The summed E-state index contributed by atoms with van der Waals surface area (Å²) in [6, 6.07) is 8.83. The molecular weight excluding hydrogens is 334 g/mol. The van der Waals surface area contributed by atoms with Crippen LogP contribution in [0.4, 0.5) is 5.69 Å². The van der Waals surface area contributed by atoms with Crippen LogP contribution in [0.25, 0.3) is 0 Å². The van der Waals surface area contributed by atoms with Gasteiger partial charge in [-0.2, -0.15) is 5.26 Å². The zero-order valence-corrected chi connectivity index (χ0v) is 14.9. The standard InChI is InChI=1S/C19H23N3O4/c1-15(23)22(17-4-2-16(14-20)3-5-17)9-6-18(24)21-10-7-19(8-11-21)25-12-13-26-19/h2-5H,6-13H2,1H3. The molecule has 0 N–H and O–H groups in total. The van der Waals surface area contributed by atoms with Crippen LogP contribution >= 0.6 is 0 Å². The second-order valence-electron chi connectivity index (χ2n) is 6.57. The molecule has 2 aliphatic rings. The average molecular weight is 357 g/mol. The summed E-state index contributed by atoms with van der Waals surface area (Å²) in [5, 5.41) is 8.87. The lowest BCUT2D eigenvalue weighted by Gasteiger charge is -2.37. The maximum atomic E-state index is 12.5. The Kier molecular flexibility index (Phi) is 5.55. The topological polar surface area (TPSA) is 82.9 Å². The first-order valence-electron chi connectivity index (χ1n) is 8.87. The van der Waals surface area contributed by atoms with Crippen LogP contribution in [0.5, 0.6) is 0 Å². The number of rotatable bonds is 4. The normalized spacial score (nSPS) is 18.5. The Hall–Kier alpha value is -2.43. The Labute approximate surface area is 153 Å². The van der Waals surface area contributed by atoms with Crippen molar-refractivity contribution in [3.8, 4) is 6.07 Å². The number of ether oxygens (including phenoxy) is 2. The van der Waals surface area contributed by atoms with Crippen molar-refractivity contribution in [3.05, 3.63) is 29.8 Å². The van der Waals surface area contributed by atoms with Gasteiger partial charge in [-0.25, -0.2) is 0 Å². The van der Waals surface area contributed by atoms with Crippen LogP contribution in [0.1, 0.15) is 31.7 Å². The van der Waals surface area contributed by atoms with Gasteiger partial charge < -0.3 is 19.3 Å². The van der Waals surface area contributed by atoms with Crippen LogP contribution in [0.2, 0.25) is 0 Å². The van der Waals surface area contributed by atoms with E-state index in [9.17, 15) is 9.59 Å². The number of hydrogen-bond donors (Lipinski definition) is 0. The number of likely N-dealkylation sites (tertiary alicyclic amines) is 1. The van der Waals surface area contributed by atoms with Crippen molar-refractivity contribution < 1.29 is 19.1 Å². The van der Waals surface area contributed by atoms with Gasteiger partial charge in [0.25, 0.3) is 0 Å². The Morgan fingerprint density at radius 2 is 1.81 bits per heavy atom. The number of carbonyl (C=O) groups is 2.